The number of carbonyl (C=O) groups is 2. The number of para-hydroxylation sites is 2. The molecule has 0 radical (unpaired) electrons. The largest absolute Gasteiger partial charge is 0.347 e. The van der Waals surface area contributed by atoms with E-state index in [1.165, 1.54) is 22.5 Å². The quantitative estimate of drug-likeness (QED) is 0.272. The minimum absolute atomic E-state index is 0.0540. The molecule has 196 valence electrons. The number of anilines is 2. The molecular formula is C34H38N2O2. The SMILES string of the molecule is CCN1/C(=C/C(C)=O)C(C)(C)c2ccccc21.CN1/C(=C/C(=O)c2ccccc2)C(C)(C)c2ccccc21. The van der Waals surface area contributed by atoms with Crippen LogP contribution in [0.2, 0.25) is 0 Å². The first kappa shape index (κ1) is 27.1. The fourth-order valence-electron chi connectivity index (χ4n) is 5.70. The lowest BCUT2D eigenvalue weighted by atomic mass is 9.83. The highest BCUT2D eigenvalue weighted by molar-refractivity contribution is 6.05. The van der Waals surface area contributed by atoms with Crippen molar-refractivity contribution >= 4 is 22.9 Å². The summed E-state index contributed by atoms with van der Waals surface area (Å²) in [6.07, 6.45) is 3.54. The third-order valence-electron chi connectivity index (χ3n) is 7.72. The first-order chi connectivity index (χ1) is 18.0. The summed E-state index contributed by atoms with van der Waals surface area (Å²) in [6, 6.07) is 26.1. The molecule has 0 saturated carbocycles. The molecule has 0 saturated heterocycles. The molecule has 0 spiro atoms. The Hall–Kier alpha value is -3.92. The minimum atomic E-state index is -0.157. The van der Waals surface area contributed by atoms with Gasteiger partial charge in [0.1, 0.15) is 0 Å². The molecule has 0 fully saturated rings. The number of nitrogens with zero attached hydrogens (tertiary/aromatic N) is 2. The number of allylic oxidation sites excluding steroid dienone is 4. The van der Waals surface area contributed by atoms with Gasteiger partial charge in [-0.25, -0.2) is 0 Å². The number of hydrogen-bond acceptors (Lipinski definition) is 4. The fraction of sp³-hybridized carbons (Fsp3) is 0.294. The second-order valence-corrected chi connectivity index (χ2v) is 11.0. The van der Waals surface area contributed by atoms with E-state index in [0.717, 1.165) is 23.5 Å². The Balaban J connectivity index is 0.000000181. The predicted molar refractivity (Wildman–Crippen MR) is 158 cm³/mol. The van der Waals surface area contributed by atoms with Crippen molar-refractivity contribution in [3.63, 3.8) is 0 Å². The van der Waals surface area contributed by atoms with Gasteiger partial charge >= 0.3 is 0 Å². The van der Waals surface area contributed by atoms with Gasteiger partial charge in [0.05, 0.1) is 0 Å². The number of ketones is 2. The van der Waals surface area contributed by atoms with Gasteiger partial charge in [-0.2, -0.15) is 0 Å². The molecule has 0 bridgehead atoms. The highest BCUT2D eigenvalue weighted by Crippen LogP contribution is 2.48. The summed E-state index contributed by atoms with van der Waals surface area (Å²) in [6.45, 7) is 13.3. The highest BCUT2D eigenvalue weighted by atomic mass is 16.1. The summed E-state index contributed by atoms with van der Waals surface area (Å²) < 4.78 is 0. The van der Waals surface area contributed by atoms with Crippen molar-refractivity contribution in [2.45, 2.75) is 52.4 Å². The second kappa shape index (κ2) is 10.4. The number of fused-ring (bicyclic) bond motifs is 2. The molecule has 0 unspecified atom stereocenters. The van der Waals surface area contributed by atoms with Crippen LogP contribution in [0.1, 0.15) is 63.0 Å². The number of hydrogen-bond donors (Lipinski definition) is 0. The molecule has 4 nitrogen and oxygen atoms in total. The van der Waals surface area contributed by atoms with Crippen LogP contribution >= 0.6 is 0 Å². The van der Waals surface area contributed by atoms with Crippen LogP contribution < -0.4 is 9.80 Å². The molecule has 0 amide bonds. The summed E-state index contributed by atoms with van der Waals surface area (Å²) in [5.74, 6) is 0.165. The maximum Gasteiger partial charge on any atom is 0.187 e. The van der Waals surface area contributed by atoms with E-state index in [1.807, 2.05) is 49.5 Å². The summed E-state index contributed by atoms with van der Waals surface area (Å²) in [4.78, 5) is 28.2. The van der Waals surface area contributed by atoms with Gasteiger partial charge < -0.3 is 9.80 Å². The van der Waals surface area contributed by atoms with Gasteiger partial charge in [-0.15, -0.1) is 0 Å². The maximum absolute atomic E-state index is 12.5. The third-order valence-corrected chi connectivity index (χ3v) is 7.72. The van der Waals surface area contributed by atoms with E-state index in [9.17, 15) is 9.59 Å². The van der Waals surface area contributed by atoms with Crippen molar-refractivity contribution in [3.05, 3.63) is 119 Å². The van der Waals surface area contributed by atoms with Crippen LogP contribution in [0.15, 0.2) is 102 Å². The Labute approximate surface area is 227 Å². The van der Waals surface area contributed by atoms with Gasteiger partial charge in [0.2, 0.25) is 0 Å². The number of likely N-dealkylation sites (N-methyl/N-ethyl adjacent to an activating group) is 2. The average molecular weight is 507 g/mol. The summed E-state index contributed by atoms with van der Waals surface area (Å²) in [5.41, 5.74) is 7.60. The van der Waals surface area contributed by atoms with E-state index in [2.05, 4.69) is 80.8 Å². The van der Waals surface area contributed by atoms with E-state index in [1.54, 1.807) is 19.1 Å². The molecule has 2 heterocycles. The van der Waals surface area contributed by atoms with E-state index in [-0.39, 0.29) is 22.4 Å². The monoisotopic (exact) mass is 506 g/mol. The minimum Gasteiger partial charge on any atom is -0.347 e. The smallest absolute Gasteiger partial charge is 0.187 e. The van der Waals surface area contributed by atoms with Crippen LogP contribution in [0.4, 0.5) is 11.4 Å². The molecule has 0 aromatic heterocycles. The second-order valence-electron chi connectivity index (χ2n) is 11.0. The Morgan fingerprint density at radius 3 is 1.76 bits per heavy atom. The standard InChI is InChI=1S/C19H19NO.C15H19NO/c1-19(2)15-11-7-8-12-16(15)20(3)18(19)13-17(21)14-9-5-4-6-10-14;1-5-16-13-9-7-6-8-12(13)15(3,4)14(16)10-11(2)17/h4-13H,1-3H3;6-10H,5H2,1-4H3/b18-13+;14-10+. The van der Waals surface area contributed by atoms with Crippen LogP contribution in [-0.4, -0.2) is 25.2 Å². The van der Waals surface area contributed by atoms with Crippen molar-refractivity contribution in [1.82, 2.24) is 0 Å². The zero-order valence-corrected chi connectivity index (χ0v) is 23.6. The Morgan fingerprint density at radius 1 is 0.711 bits per heavy atom. The fourth-order valence-corrected chi connectivity index (χ4v) is 5.70. The van der Waals surface area contributed by atoms with Crippen LogP contribution in [0.5, 0.6) is 0 Å². The number of carbonyl (C=O) groups excluding carboxylic acids is 2. The normalized spacial score (nSPS) is 18.6. The van der Waals surface area contributed by atoms with Crippen molar-refractivity contribution in [2.24, 2.45) is 0 Å². The van der Waals surface area contributed by atoms with Crippen LogP contribution in [0.25, 0.3) is 0 Å². The van der Waals surface area contributed by atoms with Crippen LogP contribution in [0.3, 0.4) is 0 Å². The van der Waals surface area contributed by atoms with Crippen LogP contribution in [-0.2, 0) is 15.6 Å². The molecule has 3 aromatic carbocycles. The molecule has 2 aliphatic heterocycles. The van der Waals surface area contributed by atoms with Gasteiger partial charge in [-0.3, -0.25) is 9.59 Å². The zero-order chi connectivity index (χ0) is 27.7. The van der Waals surface area contributed by atoms with E-state index < -0.39 is 0 Å². The van der Waals surface area contributed by atoms with E-state index in [0.29, 0.717) is 0 Å². The van der Waals surface area contributed by atoms with E-state index in [4.69, 9.17) is 0 Å². The first-order valence-corrected chi connectivity index (χ1v) is 13.2. The van der Waals surface area contributed by atoms with Gasteiger partial charge in [0.15, 0.2) is 11.6 Å². The molecule has 0 atom stereocenters. The lowest BCUT2D eigenvalue weighted by Gasteiger charge is -2.25. The molecule has 4 heteroatoms. The molecule has 38 heavy (non-hydrogen) atoms. The molecule has 0 N–H and O–H groups in total. The molecular weight excluding hydrogens is 468 g/mol. The lowest BCUT2D eigenvalue weighted by molar-refractivity contribution is -0.112. The predicted octanol–water partition coefficient (Wildman–Crippen LogP) is 7.46. The molecule has 0 aliphatic carbocycles. The average Bonchev–Trinajstić information content (AvgIpc) is 3.23. The summed E-state index contributed by atoms with van der Waals surface area (Å²) >= 11 is 0. The Kier molecular flexibility index (Phi) is 7.46. The van der Waals surface area contributed by atoms with Gasteiger partial charge in [0.25, 0.3) is 0 Å². The molecule has 5 rings (SSSR count). The van der Waals surface area contributed by atoms with Crippen molar-refractivity contribution in [2.75, 3.05) is 23.4 Å². The summed E-state index contributed by atoms with van der Waals surface area (Å²) in [7, 11) is 2.03. The van der Waals surface area contributed by atoms with Crippen molar-refractivity contribution in [1.29, 1.82) is 0 Å². The Bertz CT molecular complexity index is 1410. The maximum atomic E-state index is 12.5. The molecule has 3 aromatic rings. The summed E-state index contributed by atoms with van der Waals surface area (Å²) in [5, 5.41) is 0. The van der Waals surface area contributed by atoms with E-state index >= 15 is 0 Å². The number of benzene rings is 3. The van der Waals surface area contributed by atoms with Gasteiger partial charge in [-0.05, 0) is 37.1 Å². The van der Waals surface area contributed by atoms with Gasteiger partial charge in [-0.1, -0.05) is 94.4 Å². The third kappa shape index (κ3) is 4.83. The first-order valence-electron chi connectivity index (χ1n) is 13.2. The van der Waals surface area contributed by atoms with Gasteiger partial charge in [0, 0.05) is 64.9 Å². The van der Waals surface area contributed by atoms with Crippen molar-refractivity contribution < 1.29 is 9.59 Å². The van der Waals surface area contributed by atoms with Crippen LogP contribution in [0, 0.1) is 0 Å². The molecule has 2 aliphatic rings. The lowest BCUT2D eigenvalue weighted by Crippen LogP contribution is -2.26. The highest BCUT2D eigenvalue weighted by Gasteiger charge is 2.40. The topological polar surface area (TPSA) is 40.6 Å². The Morgan fingerprint density at radius 2 is 1.21 bits per heavy atom. The van der Waals surface area contributed by atoms with Crippen molar-refractivity contribution in [3.8, 4) is 0 Å². The number of rotatable bonds is 4. The zero-order valence-electron chi connectivity index (χ0n) is 23.6.